The molecule has 0 aliphatic carbocycles. The number of hydrogen-bond donors (Lipinski definition) is 1. The SMILES string of the molecule is CCN(CC)CCCN1C(=O)C(=O)C(=C(O)c2c(C)nc3ccccn23)C1c1cccc(OC)c1. The first-order valence-corrected chi connectivity index (χ1v) is 12.0. The number of aliphatic hydroxyl groups is 1. The van der Waals surface area contributed by atoms with Gasteiger partial charge in [0.2, 0.25) is 0 Å². The molecule has 1 atom stereocenters. The van der Waals surface area contributed by atoms with Crippen LogP contribution in [-0.4, -0.2) is 69.3 Å². The number of carbonyl (C=O) groups excluding carboxylic acids is 2. The summed E-state index contributed by atoms with van der Waals surface area (Å²) in [5.41, 5.74) is 2.41. The molecule has 1 aliphatic heterocycles. The van der Waals surface area contributed by atoms with Gasteiger partial charge in [0, 0.05) is 12.7 Å². The van der Waals surface area contributed by atoms with Crippen LogP contribution < -0.4 is 4.74 Å². The van der Waals surface area contributed by atoms with Crippen molar-refractivity contribution in [3.63, 3.8) is 0 Å². The Hall–Kier alpha value is -3.65. The van der Waals surface area contributed by atoms with Crippen molar-refractivity contribution in [3.8, 4) is 5.75 Å². The molecule has 1 aliphatic rings. The van der Waals surface area contributed by atoms with E-state index in [0.717, 1.165) is 19.6 Å². The zero-order valence-electron chi connectivity index (χ0n) is 20.7. The Bertz CT molecular complexity index is 1280. The van der Waals surface area contributed by atoms with Crippen LogP contribution in [0.4, 0.5) is 0 Å². The first kappa shape index (κ1) is 24.5. The highest BCUT2D eigenvalue weighted by Gasteiger charge is 2.46. The molecule has 2 aromatic heterocycles. The van der Waals surface area contributed by atoms with Crippen molar-refractivity contribution in [1.29, 1.82) is 0 Å². The molecule has 3 heterocycles. The number of carbonyl (C=O) groups is 2. The maximum absolute atomic E-state index is 13.4. The molecule has 1 fully saturated rings. The highest BCUT2D eigenvalue weighted by Crippen LogP contribution is 2.40. The van der Waals surface area contributed by atoms with E-state index in [9.17, 15) is 14.7 Å². The molecule has 4 rings (SSSR count). The van der Waals surface area contributed by atoms with Gasteiger partial charge in [-0.3, -0.25) is 14.0 Å². The van der Waals surface area contributed by atoms with E-state index in [0.29, 0.717) is 41.3 Å². The van der Waals surface area contributed by atoms with Crippen molar-refractivity contribution < 1.29 is 19.4 Å². The minimum Gasteiger partial charge on any atom is -0.505 e. The second-order valence-electron chi connectivity index (χ2n) is 8.62. The predicted octanol–water partition coefficient (Wildman–Crippen LogP) is 3.80. The molecular weight excluding hydrogens is 444 g/mol. The second-order valence-corrected chi connectivity index (χ2v) is 8.62. The summed E-state index contributed by atoms with van der Waals surface area (Å²) in [5, 5.41) is 11.5. The molecular formula is C27H32N4O4. The van der Waals surface area contributed by atoms with Crippen molar-refractivity contribution in [3.05, 3.63) is 71.2 Å². The molecule has 1 N–H and O–H groups in total. The summed E-state index contributed by atoms with van der Waals surface area (Å²) < 4.78 is 7.14. The summed E-state index contributed by atoms with van der Waals surface area (Å²) >= 11 is 0. The lowest BCUT2D eigenvalue weighted by molar-refractivity contribution is -0.140. The molecule has 0 saturated carbocycles. The predicted molar refractivity (Wildman–Crippen MR) is 134 cm³/mol. The van der Waals surface area contributed by atoms with Gasteiger partial charge in [-0.05, 0) is 62.8 Å². The Kier molecular flexibility index (Phi) is 7.21. The molecule has 1 aromatic carbocycles. The van der Waals surface area contributed by atoms with Crippen molar-refractivity contribution in [2.24, 2.45) is 0 Å². The maximum atomic E-state index is 13.4. The zero-order chi connectivity index (χ0) is 25.1. The number of benzene rings is 1. The summed E-state index contributed by atoms with van der Waals surface area (Å²) in [6.45, 7) is 9.03. The standard InChI is InChI=1S/C27H32N4O4/c1-5-29(6-2)14-10-16-31-24(19-11-9-12-20(17-19)35-4)22(26(33)27(31)34)25(32)23-18(3)28-21-13-7-8-15-30(21)23/h7-9,11-13,15,17,24,32H,5-6,10,14,16H2,1-4H3. The van der Waals surface area contributed by atoms with E-state index in [1.54, 1.807) is 29.5 Å². The lowest BCUT2D eigenvalue weighted by atomic mass is 9.96. The normalized spacial score (nSPS) is 17.6. The fourth-order valence-corrected chi connectivity index (χ4v) is 4.80. The summed E-state index contributed by atoms with van der Waals surface area (Å²) in [7, 11) is 1.57. The van der Waals surface area contributed by atoms with Gasteiger partial charge in [0.25, 0.3) is 11.7 Å². The van der Waals surface area contributed by atoms with E-state index < -0.39 is 17.7 Å². The largest absolute Gasteiger partial charge is 0.505 e. The number of Topliss-reactive ketones (excluding diaryl/α,β-unsaturated/α-hetero) is 1. The van der Waals surface area contributed by atoms with E-state index in [-0.39, 0.29) is 11.3 Å². The van der Waals surface area contributed by atoms with Crippen LogP contribution >= 0.6 is 0 Å². The lowest BCUT2D eigenvalue weighted by Gasteiger charge is -2.27. The molecule has 1 saturated heterocycles. The third-order valence-electron chi connectivity index (χ3n) is 6.65. The van der Waals surface area contributed by atoms with Crippen LogP contribution in [0.1, 0.15) is 43.3 Å². The monoisotopic (exact) mass is 476 g/mol. The first-order valence-electron chi connectivity index (χ1n) is 12.0. The number of imidazole rings is 1. The number of rotatable bonds is 9. The quantitative estimate of drug-likeness (QED) is 0.287. The number of ketones is 1. The number of pyridine rings is 1. The number of aryl methyl sites for hydroxylation is 1. The van der Waals surface area contributed by atoms with Gasteiger partial charge < -0.3 is 19.6 Å². The summed E-state index contributed by atoms with van der Waals surface area (Å²) in [4.78, 5) is 35.0. The molecule has 0 bridgehead atoms. The van der Waals surface area contributed by atoms with Crippen LogP contribution in [0.25, 0.3) is 11.4 Å². The van der Waals surface area contributed by atoms with Crippen LogP contribution in [0.3, 0.4) is 0 Å². The molecule has 1 amide bonds. The van der Waals surface area contributed by atoms with E-state index in [2.05, 4.69) is 23.7 Å². The zero-order valence-corrected chi connectivity index (χ0v) is 20.7. The number of ether oxygens (including phenoxy) is 1. The topological polar surface area (TPSA) is 87.4 Å². The van der Waals surface area contributed by atoms with Crippen molar-refractivity contribution in [2.75, 3.05) is 33.3 Å². The molecule has 35 heavy (non-hydrogen) atoms. The summed E-state index contributed by atoms with van der Waals surface area (Å²) in [6.07, 6.45) is 2.49. The third-order valence-corrected chi connectivity index (χ3v) is 6.65. The molecule has 0 radical (unpaired) electrons. The number of nitrogens with zero attached hydrogens (tertiary/aromatic N) is 4. The number of methoxy groups -OCH3 is 1. The molecule has 184 valence electrons. The number of hydrogen-bond acceptors (Lipinski definition) is 6. The van der Waals surface area contributed by atoms with E-state index >= 15 is 0 Å². The van der Waals surface area contributed by atoms with Crippen molar-refractivity contribution in [1.82, 2.24) is 19.2 Å². The lowest BCUT2D eigenvalue weighted by Crippen LogP contribution is -2.33. The minimum absolute atomic E-state index is 0.0693. The van der Waals surface area contributed by atoms with Crippen LogP contribution in [0.5, 0.6) is 5.75 Å². The van der Waals surface area contributed by atoms with E-state index in [4.69, 9.17) is 4.74 Å². The fraction of sp³-hybridized carbons (Fsp3) is 0.370. The minimum atomic E-state index is -0.726. The van der Waals surface area contributed by atoms with Gasteiger partial charge in [0.05, 0.1) is 24.4 Å². The average Bonchev–Trinajstić information content (AvgIpc) is 3.34. The highest BCUT2D eigenvalue weighted by atomic mass is 16.5. The number of aromatic nitrogens is 2. The Morgan fingerprint density at radius 3 is 2.63 bits per heavy atom. The van der Waals surface area contributed by atoms with Crippen LogP contribution in [0, 0.1) is 6.92 Å². The van der Waals surface area contributed by atoms with E-state index in [1.807, 2.05) is 42.5 Å². The Labute approximate surface area is 205 Å². The number of amides is 1. The summed E-state index contributed by atoms with van der Waals surface area (Å²) in [6, 6.07) is 12.1. The smallest absolute Gasteiger partial charge is 0.295 e. The number of fused-ring (bicyclic) bond motifs is 1. The van der Waals surface area contributed by atoms with Crippen molar-refractivity contribution in [2.45, 2.75) is 33.2 Å². The molecule has 1 unspecified atom stereocenters. The van der Waals surface area contributed by atoms with E-state index in [1.165, 1.54) is 0 Å². The van der Waals surface area contributed by atoms with Gasteiger partial charge in [-0.2, -0.15) is 0 Å². The van der Waals surface area contributed by atoms with Gasteiger partial charge in [0.15, 0.2) is 5.76 Å². The van der Waals surface area contributed by atoms with Crippen LogP contribution in [-0.2, 0) is 9.59 Å². The fourth-order valence-electron chi connectivity index (χ4n) is 4.80. The second kappa shape index (κ2) is 10.3. The van der Waals surface area contributed by atoms with Crippen molar-refractivity contribution >= 4 is 23.1 Å². The molecule has 3 aromatic rings. The molecule has 0 spiro atoms. The van der Waals surface area contributed by atoms with Gasteiger partial charge in [-0.1, -0.05) is 32.0 Å². The van der Waals surface area contributed by atoms with Crippen LogP contribution in [0.2, 0.25) is 0 Å². The Morgan fingerprint density at radius 2 is 1.91 bits per heavy atom. The molecule has 8 heteroatoms. The van der Waals surface area contributed by atoms with Gasteiger partial charge in [0.1, 0.15) is 17.1 Å². The maximum Gasteiger partial charge on any atom is 0.295 e. The third kappa shape index (κ3) is 4.53. The first-order chi connectivity index (χ1) is 16.9. The van der Waals surface area contributed by atoms with Gasteiger partial charge in [-0.15, -0.1) is 0 Å². The number of likely N-dealkylation sites (tertiary alicyclic amines) is 1. The number of aliphatic hydroxyl groups excluding tert-OH is 1. The Balaban J connectivity index is 1.83. The highest BCUT2D eigenvalue weighted by molar-refractivity contribution is 6.46. The molecule has 8 nitrogen and oxygen atoms in total. The van der Waals surface area contributed by atoms with Gasteiger partial charge in [-0.25, -0.2) is 4.98 Å². The summed E-state index contributed by atoms with van der Waals surface area (Å²) in [5.74, 6) is -0.908. The van der Waals surface area contributed by atoms with Crippen LogP contribution in [0.15, 0.2) is 54.2 Å². The average molecular weight is 477 g/mol. The van der Waals surface area contributed by atoms with Gasteiger partial charge >= 0.3 is 0 Å². The Morgan fingerprint density at radius 1 is 1.14 bits per heavy atom.